The normalized spacial score (nSPS) is 17.5. The molecule has 0 radical (unpaired) electrons. The Balaban J connectivity index is 4.61. The molecule has 0 saturated carbocycles. The summed E-state index contributed by atoms with van der Waals surface area (Å²) in [6, 6.07) is 0. The lowest BCUT2D eigenvalue weighted by Gasteiger charge is -2.45. The average Bonchev–Trinajstić information content (AvgIpc) is 2.02. The zero-order valence-corrected chi connectivity index (χ0v) is 10.7. The summed E-state index contributed by atoms with van der Waals surface area (Å²) >= 11 is 0. The molecule has 0 rings (SSSR count). The van der Waals surface area contributed by atoms with Crippen molar-refractivity contribution in [3.8, 4) is 0 Å². The second-order valence-corrected chi connectivity index (χ2v) is 5.75. The Hall–Kier alpha value is 0. The third-order valence-corrected chi connectivity index (χ3v) is 4.16. The minimum atomic E-state index is 0.478. The fraction of sp³-hybridized carbons (Fsp3) is 1.00. The SMILES string of the molecule is CCC(C)(C)C(C)(CC)CC(C)C. The molecule has 0 saturated heterocycles. The zero-order chi connectivity index (χ0) is 10.7. The molecule has 0 aliphatic heterocycles. The van der Waals surface area contributed by atoms with Crippen LogP contribution in [0.1, 0.15) is 67.7 Å². The Morgan fingerprint density at radius 1 is 0.923 bits per heavy atom. The van der Waals surface area contributed by atoms with E-state index >= 15 is 0 Å². The molecule has 0 aromatic rings. The van der Waals surface area contributed by atoms with Crippen LogP contribution in [0.5, 0.6) is 0 Å². The Morgan fingerprint density at radius 2 is 1.38 bits per heavy atom. The highest BCUT2D eigenvalue weighted by molar-refractivity contribution is 4.88. The molecule has 0 spiro atoms. The van der Waals surface area contributed by atoms with E-state index in [0.29, 0.717) is 10.8 Å². The van der Waals surface area contributed by atoms with E-state index in [9.17, 15) is 0 Å². The molecule has 0 bridgehead atoms. The van der Waals surface area contributed by atoms with Crippen LogP contribution >= 0.6 is 0 Å². The Labute approximate surface area is 85.1 Å². The molecule has 0 aromatic heterocycles. The largest absolute Gasteiger partial charge is 0.0649 e. The molecule has 0 aromatic carbocycles. The van der Waals surface area contributed by atoms with E-state index in [1.54, 1.807) is 0 Å². The first-order valence-electron chi connectivity index (χ1n) is 5.79. The van der Waals surface area contributed by atoms with E-state index in [1.807, 2.05) is 0 Å². The maximum absolute atomic E-state index is 2.45. The number of hydrogen-bond donors (Lipinski definition) is 0. The first-order valence-corrected chi connectivity index (χ1v) is 5.79. The topological polar surface area (TPSA) is 0 Å². The van der Waals surface area contributed by atoms with Gasteiger partial charge in [-0.2, -0.15) is 0 Å². The average molecular weight is 184 g/mol. The van der Waals surface area contributed by atoms with Crippen LogP contribution in [0, 0.1) is 16.7 Å². The summed E-state index contributed by atoms with van der Waals surface area (Å²) < 4.78 is 0. The van der Waals surface area contributed by atoms with Gasteiger partial charge < -0.3 is 0 Å². The standard InChI is InChI=1S/C13H28/c1-8-12(5,6)13(7,9-2)10-11(3)4/h11H,8-10H2,1-7H3. The van der Waals surface area contributed by atoms with E-state index in [1.165, 1.54) is 19.3 Å². The molecule has 0 nitrogen and oxygen atoms in total. The summed E-state index contributed by atoms with van der Waals surface area (Å²) in [6.45, 7) is 16.6. The van der Waals surface area contributed by atoms with Crippen LogP contribution in [-0.2, 0) is 0 Å². The monoisotopic (exact) mass is 184 g/mol. The highest BCUT2D eigenvalue weighted by Crippen LogP contribution is 2.48. The van der Waals surface area contributed by atoms with E-state index in [0.717, 1.165) is 5.92 Å². The lowest BCUT2D eigenvalue weighted by atomic mass is 9.60. The third-order valence-electron chi connectivity index (χ3n) is 4.16. The van der Waals surface area contributed by atoms with Crippen molar-refractivity contribution in [1.82, 2.24) is 0 Å². The van der Waals surface area contributed by atoms with Gasteiger partial charge in [-0.3, -0.25) is 0 Å². The lowest BCUT2D eigenvalue weighted by Crippen LogP contribution is -2.35. The van der Waals surface area contributed by atoms with E-state index in [2.05, 4.69) is 48.5 Å². The van der Waals surface area contributed by atoms with Gasteiger partial charge >= 0.3 is 0 Å². The minimum absolute atomic E-state index is 0.478. The second-order valence-electron chi connectivity index (χ2n) is 5.75. The summed E-state index contributed by atoms with van der Waals surface area (Å²) in [7, 11) is 0. The number of rotatable bonds is 5. The molecule has 13 heavy (non-hydrogen) atoms. The van der Waals surface area contributed by atoms with E-state index in [4.69, 9.17) is 0 Å². The molecule has 0 aliphatic carbocycles. The van der Waals surface area contributed by atoms with Gasteiger partial charge in [0.1, 0.15) is 0 Å². The molecule has 0 aliphatic rings. The van der Waals surface area contributed by atoms with Crippen LogP contribution in [0.25, 0.3) is 0 Å². The van der Waals surface area contributed by atoms with Crippen molar-refractivity contribution in [2.45, 2.75) is 67.7 Å². The lowest BCUT2D eigenvalue weighted by molar-refractivity contribution is 0.0540. The van der Waals surface area contributed by atoms with Crippen LogP contribution in [0.15, 0.2) is 0 Å². The summed E-state index contributed by atoms with van der Waals surface area (Å²) in [6.07, 6.45) is 3.93. The third kappa shape index (κ3) is 3.00. The fourth-order valence-electron chi connectivity index (χ4n) is 2.23. The van der Waals surface area contributed by atoms with Crippen LogP contribution < -0.4 is 0 Å². The van der Waals surface area contributed by atoms with Crippen LogP contribution in [-0.4, -0.2) is 0 Å². The Bertz CT molecular complexity index is 144. The van der Waals surface area contributed by atoms with Crippen molar-refractivity contribution in [3.05, 3.63) is 0 Å². The Morgan fingerprint density at radius 3 is 1.62 bits per heavy atom. The highest BCUT2D eigenvalue weighted by Gasteiger charge is 2.38. The quantitative estimate of drug-likeness (QED) is 0.571. The van der Waals surface area contributed by atoms with Crippen molar-refractivity contribution in [2.75, 3.05) is 0 Å². The van der Waals surface area contributed by atoms with Gasteiger partial charge in [-0.05, 0) is 23.2 Å². The molecule has 0 heterocycles. The van der Waals surface area contributed by atoms with Crippen molar-refractivity contribution in [2.24, 2.45) is 16.7 Å². The summed E-state index contributed by atoms with van der Waals surface area (Å²) in [5.74, 6) is 0.816. The summed E-state index contributed by atoms with van der Waals surface area (Å²) in [4.78, 5) is 0. The molecule has 0 heteroatoms. The summed E-state index contributed by atoms with van der Waals surface area (Å²) in [5, 5.41) is 0. The van der Waals surface area contributed by atoms with Gasteiger partial charge in [-0.25, -0.2) is 0 Å². The first-order chi connectivity index (χ1) is 5.79. The zero-order valence-electron chi connectivity index (χ0n) is 10.7. The fourth-order valence-corrected chi connectivity index (χ4v) is 2.23. The van der Waals surface area contributed by atoms with Crippen molar-refractivity contribution in [1.29, 1.82) is 0 Å². The molecule has 80 valence electrons. The Kier molecular flexibility index (Phi) is 4.48. The van der Waals surface area contributed by atoms with Gasteiger partial charge in [0.05, 0.1) is 0 Å². The first kappa shape index (κ1) is 13.0. The van der Waals surface area contributed by atoms with Gasteiger partial charge in [-0.15, -0.1) is 0 Å². The van der Waals surface area contributed by atoms with Crippen molar-refractivity contribution >= 4 is 0 Å². The van der Waals surface area contributed by atoms with Gasteiger partial charge in [0, 0.05) is 0 Å². The van der Waals surface area contributed by atoms with Crippen LogP contribution in [0.4, 0.5) is 0 Å². The van der Waals surface area contributed by atoms with E-state index in [-0.39, 0.29) is 0 Å². The molecule has 0 amide bonds. The van der Waals surface area contributed by atoms with Crippen molar-refractivity contribution < 1.29 is 0 Å². The molecule has 0 N–H and O–H groups in total. The summed E-state index contributed by atoms with van der Waals surface area (Å²) in [5.41, 5.74) is 0.988. The molecule has 1 atom stereocenters. The molecule has 0 fully saturated rings. The predicted octanol–water partition coefficient (Wildman–Crippen LogP) is 4.89. The van der Waals surface area contributed by atoms with Crippen molar-refractivity contribution in [3.63, 3.8) is 0 Å². The van der Waals surface area contributed by atoms with E-state index < -0.39 is 0 Å². The van der Waals surface area contributed by atoms with Gasteiger partial charge in [0.2, 0.25) is 0 Å². The second kappa shape index (κ2) is 4.48. The van der Waals surface area contributed by atoms with Gasteiger partial charge in [0.15, 0.2) is 0 Å². The molecular formula is C13H28. The maximum Gasteiger partial charge on any atom is -0.0275 e. The smallest absolute Gasteiger partial charge is 0.0275 e. The minimum Gasteiger partial charge on any atom is -0.0649 e. The predicted molar refractivity (Wildman–Crippen MR) is 61.9 cm³/mol. The van der Waals surface area contributed by atoms with Gasteiger partial charge in [0.25, 0.3) is 0 Å². The maximum atomic E-state index is 2.45. The highest BCUT2D eigenvalue weighted by atomic mass is 14.4. The van der Waals surface area contributed by atoms with Crippen LogP contribution in [0.2, 0.25) is 0 Å². The molecular weight excluding hydrogens is 156 g/mol. The van der Waals surface area contributed by atoms with Crippen LogP contribution in [0.3, 0.4) is 0 Å². The number of hydrogen-bond acceptors (Lipinski definition) is 0. The molecule has 1 unspecified atom stereocenters. The van der Waals surface area contributed by atoms with Gasteiger partial charge in [-0.1, -0.05) is 61.3 Å².